The predicted octanol–water partition coefficient (Wildman–Crippen LogP) is 4.41. The summed E-state index contributed by atoms with van der Waals surface area (Å²) in [6.07, 6.45) is 1.28. The van der Waals surface area contributed by atoms with Gasteiger partial charge in [-0.2, -0.15) is 5.26 Å². The molecule has 0 heterocycles. The molecule has 0 atom stereocenters. The van der Waals surface area contributed by atoms with Crippen LogP contribution in [0.1, 0.15) is 16.7 Å². The van der Waals surface area contributed by atoms with Crippen molar-refractivity contribution in [2.24, 2.45) is 0 Å². The van der Waals surface area contributed by atoms with Gasteiger partial charge in [-0.25, -0.2) is 0 Å². The van der Waals surface area contributed by atoms with Crippen molar-refractivity contribution in [3.63, 3.8) is 0 Å². The van der Waals surface area contributed by atoms with E-state index in [-0.39, 0.29) is 16.3 Å². The van der Waals surface area contributed by atoms with E-state index in [1.807, 2.05) is 19.9 Å². The molecule has 7 heteroatoms. The van der Waals surface area contributed by atoms with Crippen LogP contribution in [0.2, 0.25) is 5.02 Å². The lowest BCUT2D eigenvalue weighted by atomic mass is 10.1. The van der Waals surface area contributed by atoms with E-state index in [1.165, 1.54) is 24.3 Å². The van der Waals surface area contributed by atoms with Crippen molar-refractivity contribution >= 4 is 35.0 Å². The summed E-state index contributed by atoms with van der Waals surface area (Å²) in [6.45, 7) is 3.87. The first-order valence-electron chi connectivity index (χ1n) is 7.26. The maximum atomic E-state index is 12.3. The van der Waals surface area contributed by atoms with Crippen molar-refractivity contribution in [3.05, 3.63) is 73.8 Å². The average Bonchev–Trinajstić information content (AvgIpc) is 2.57. The summed E-state index contributed by atoms with van der Waals surface area (Å²) in [7, 11) is 0. The van der Waals surface area contributed by atoms with Gasteiger partial charge in [0, 0.05) is 11.8 Å². The Labute approximate surface area is 149 Å². The summed E-state index contributed by atoms with van der Waals surface area (Å²) >= 11 is 5.75. The molecule has 1 amide bonds. The maximum absolute atomic E-state index is 12.3. The van der Waals surface area contributed by atoms with Gasteiger partial charge in [-0.15, -0.1) is 0 Å². The number of nitro groups is 1. The number of nitro benzene ring substituents is 1. The molecule has 0 bridgehead atoms. The minimum Gasteiger partial charge on any atom is -0.321 e. The van der Waals surface area contributed by atoms with Gasteiger partial charge in [0.05, 0.1) is 4.92 Å². The van der Waals surface area contributed by atoms with Crippen molar-refractivity contribution in [3.8, 4) is 6.07 Å². The third-order valence-electron chi connectivity index (χ3n) is 3.61. The van der Waals surface area contributed by atoms with Crippen LogP contribution in [0.25, 0.3) is 6.08 Å². The van der Waals surface area contributed by atoms with Gasteiger partial charge in [0.2, 0.25) is 0 Å². The van der Waals surface area contributed by atoms with Gasteiger partial charge in [-0.05, 0) is 54.8 Å². The number of nitrogens with one attached hydrogen (secondary N) is 1. The number of amides is 1. The summed E-state index contributed by atoms with van der Waals surface area (Å²) in [5, 5.41) is 22.8. The van der Waals surface area contributed by atoms with E-state index in [1.54, 1.807) is 18.2 Å². The molecule has 0 radical (unpaired) electrons. The molecule has 0 fully saturated rings. The van der Waals surface area contributed by atoms with E-state index in [9.17, 15) is 20.2 Å². The summed E-state index contributed by atoms with van der Waals surface area (Å²) in [6, 6.07) is 11.3. The van der Waals surface area contributed by atoms with E-state index >= 15 is 0 Å². The number of aryl methyl sites for hydroxylation is 2. The zero-order chi connectivity index (χ0) is 18.6. The fourth-order valence-corrected chi connectivity index (χ4v) is 2.28. The van der Waals surface area contributed by atoms with Crippen LogP contribution in [0.15, 0.2) is 42.0 Å². The minimum absolute atomic E-state index is 0.0137. The first-order valence-corrected chi connectivity index (χ1v) is 7.64. The third kappa shape index (κ3) is 4.43. The standard InChI is InChI=1S/C18H14ClN3O3/c1-11-3-5-15(7-12(11)2)21-18(23)14(10-20)8-13-4-6-16(19)17(9-13)22(24)25/h3-9H,1-2H3,(H,21,23)/b14-8+. The molecule has 0 aliphatic carbocycles. The van der Waals surface area contributed by atoms with Gasteiger partial charge in [-0.3, -0.25) is 14.9 Å². The maximum Gasteiger partial charge on any atom is 0.288 e. The first kappa shape index (κ1) is 18.2. The number of benzene rings is 2. The summed E-state index contributed by atoms with van der Waals surface area (Å²) in [5.41, 5.74) is 2.53. The van der Waals surface area contributed by atoms with Gasteiger partial charge < -0.3 is 5.32 Å². The second-order valence-corrected chi connectivity index (χ2v) is 5.80. The van der Waals surface area contributed by atoms with E-state index in [4.69, 9.17) is 11.6 Å². The summed E-state index contributed by atoms with van der Waals surface area (Å²) in [4.78, 5) is 22.6. The molecule has 0 spiro atoms. The van der Waals surface area contributed by atoms with Crippen LogP contribution in [0, 0.1) is 35.3 Å². The highest BCUT2D eigenvalue weighted by Crippen LogP contribution is 2.26. The predicted molar refractivity (Wildman–Crippen MR) is 96.2 cm³/mol. The molecule has 2 aromatic rings. The van der Waals surface area contributed by atoms with Crippen LogP contribution in [0.5, 0.6) is 0 Å². The summed E-state index contributed by atoms with van der Waals surface area (Å²) in [5.74, 6) is -0.594. The van der Waals surface area contributed by atoms with E-state index in [2.05, 4.69) is 5.32 Å². The number of nitriles is 1. The fraction of sp³-hybridized carbons (Fsp3) is 0.111. The lowest BCUT2D eigenvalue weighted by Gasteiger charge is -2.07. The van der Waals surface area contributed by atoms with Gasteiger partial charge in [0.1, 0.15) is 16.7 Å². The molecule has 0 aliphatic rings. The van der Waals surface area contributed by atoms with Crippen LogP contribution >= 0.6 is 11.6 Å². The third-order valence-corrected chi connectivity index (χ3v) is 3.93. The Balaban J connectivity index is 2.29. The van der Waals surface area contributed by atoms with E-state index in [0.29, 0.717) is 11.3 Å². The largest absolute Gasteiger partial charge is 0.321 e. The Bertz CT molecular complexity index is 930. The average molecular weight is 356 g/mol. The number of hydrogen-bond donors (Lipinski definition) is 1. The molecular weight excluding hydrogens is 342 g/mol. The van der Waals surface area contributed by atoms with Crippen molar-refractivity contribution in [1.29, 1.82) is 5.26 Å². The van der Waals surface area contributed by atoms with E-state index in [0.717, 1.165) is 11.1 Å². The molecular formula is C18H14ClN3O3. The molecule has 25 heavy (non-hydrogen) atoms. The Morgan fingerprint density at radius 3 is 2.56 bits per heavy atom. The number of rotatable bonds is 4. The Kier molecular flexibility index (Phi) is 5.52. The highest BCUT2D eigenvalue weighted by Gasteiger charge is 2.14. The highest BCUT2D eigenvalue weighted by molar-refractivity contribution is 6.32. The molecule has 2 rings (SSSR count). The first-order chi connectivity index (χ1) is 11.8. The van der Waals surface area contributed by atoms with Crippen molar-refractivity contribution in [1.82, 2.24) is 0 Å². The topological polar surface area (TPSA) is 96.0 Å². The molecule has 6 nitrogen and oxygen atoms in total. The quantitative estimate of drug-likeness (QED) is 0.380. The second-order valence-electron chi connectivity index (χ2n) is 5.39. The highest BCUT2D eigenvalue weighted by atomic mass is 35.5. The van der Waals surface area contributed by atoms with Crippen LogP contribution in [-0.2, 0) is 4.79 Å². The lowest BCUT2D eigenvalue weighted by molar-refractivity contribution is -0.384. The molecule has 0 aromatic heterocycles. The van der Waals surface area contributed by atoms with Crippen molar-refractivity contribution < 1.29 is 9.72 Å². The molecule has 1 N–H and O–H groups in total. The van der Waals surface area contributed by atoms with Gasteiger partial charge in [-0.1, -0.05) is 23.7 Å². The van der Waals surface area contributed by atoms with E-state index < -0.39 is 10.8 Å². The molecule has 2 aromatic carbocycles. The van der Waals surface area contributed by atoms with Gasteiger partial charge in [0.15, 0.2) is 0 Å². The number of carbonyl (C=O) groups is 1. The van der Waals surface area contributed by atoms with Crippen LogP contribution in [-0.4, -0.2) is 10.8 Å². The summed E-state index contributed by atoms with van der Waals surface area (Å²) < 4.78 is 0. The Hall–Kier alpha value is -3.17. The van der Waals surface area contributed by atoms with Crippen LogP contribution in [0.3, 0.4) is 0 Å². The Morgan fingerprint density at radius 2 is 1.96 bits per heavy atom. The number of hydrogen-bond acceptors (Lipinski definition) is 4. The molecule has 126 valence electrons. The zero-order valence-electron chi connectivity index (χ0n) is 13.5. The van der Waals surface area contributed by atoms with Crippen LogP contribution in [0.4, 0.5) is 11.4 Å². The van der Waals surface area contributed by atoms with Gasteiger partial charge in [0.25, 0.3) is 11.6 Å². The lowest BCUT2D eigenvalue weighted by Crippen LogP contribution is -2.13. The zero-order valence-corrected chi connectivity index (χ0v) is 14.3. The number of anilines is 1. The molecule has 0 saturated carbocycles. The SMILES string of the molecule is Cc1ccc(NC(=O)/C(C#N)=C/c2ccc(Cl)c([N+](=O)[O-])c2)cc1C. The minimum atomic E-state index is -0.624. The van der Waals surface area contributed by atoms with Crippen LogP contribution < -0.4 is 5.32 Å². The molecule has 0 aliphatic heterocycles. The smallest absolute Gasteiger partial charge is 0.288 e. The molecule has 0 saturated heterocycles. The van der Waals surface area contributed by atoms with Crippen molar-refractivity contribution in [2.75, 3.05) is 5.32 Å². The number of carbonyl (C=O) groups excluding carboxylic acids is 1. The Morgan fingerprint density at radius 1 is 1.24 bits per heavy atom. The molecule has 0 unspecified atom stereocenters. The second kappa shape index (κ2) is 7.60. The van der Waals surface area contributed by atoms with Crippen molar-refractivity contribution in [2.45, 2.75) is 13.8 Å². The van der Waals surface area contributed by atoms with Gasteiger partial charge >= 0.3 is 0 Å². The fourth-order valence-electron chi connectivity index (χ4n) is 2.09. The monoisotopic (exact) mass is 355 g/mol. The normalized spacial score (nSPS) is 10.9. The number of halogens is 1. The number of nitrogens with zero attached hydrogens (tertiary/aromatic N) is 2.